The summed E-state index contributed by atoms with van der Waals surface area (Å²) in [5.41, 5.74) is 6.36. The minimum absolute atomic E-state index is 0.0988. The molecule has 2 rings (SSSR count). The molecule has 1 unspecified atom stereocenters. The van der Waals surface area contributed by atoms with Crippen LogP contribution in [-0.4, -0.2) is 37.6 Å². The van der Waals surface area contributed by atoms with Gasteiger partial charge in [0.05, 0.1) is 17.4 Å². The van der Waals surface area contributed by atoms with Crippen molar-refractivity contribution in [2.75, 3.05) is 25.0 Å². The maximum Gasteiger partial charge on any atom is 0.253 e. The first-order valence-corrected chi connectivity index (χ1v) is 8.19. The van der Waals surface area contributed by atoms with Gasteiger partial charge in [-0.25, -0.2) is 0 Å². The Morgan fingerprint density at radius 1 is 1.26 bits per heavy atom. The van der Waals surface area contributed by atoms with Crippen LogP contribution >= 0.6 is 0 Å². The Balaban J connectivity index is 1.88. The SMILES string of the molecule is NCCNC(=O)c1ccccc1NC(=O)CCC1CCCCO1. The highest BCUT2D eigenvalue weighted by Gasteiger charge is 2.17. The Labute approximate surface area is 136 Å². The van der Waals surface area contributed by atoms with Crippen molar-refractivity contribution in [1.82, 2.24) is 5.32 Å². The third-order valence-corrected chi connectivity index (χ3v) is 3.84. The van der Waals surface area contributed by atoms with Gasteiger partial charge in [0.15, 0.2) is 0 Å². The van der Waals surface area contributed by atoms with E-state index in [-0.39, 0.29) is 17.9 Å². The van der Waals surface area contributed by atoms with Crippen LogP contribution in [0.15, 0.2) is 24.3 Å². The van der Waals surface area contributed by atoms with Crippen molar-refractivity contribution in [1.29, 1.82) is 0 Å². The molecule has 23 heavy (non-hydrogen) atoms. The van der Waals surface area contributed by atoms with Gasteiger partial charge in [-0.1, -0.05) is 12.1 Å². The summed E-state index contributed by atoms with van der Waals surface area (Å²) in [6, 6.07) is 6.97. The van der Waals surface area contributed by atoms with Gasteiger partial charge in [0.2, 0.25) is 5.91 Å². The van der Waals surface area contributed by atoms with Crippen molar-refractivity contribution in [3.8, 4) is 0 Å². The van der Waals surface area contributed by atoms with Crippen LogP contribution in [0.25, 0.3) is 0 Å². The molecule has 1 saturated heterocycles. The predicted octanol–water partition coefficient (Wildman–Crippen LogP) is 1.66. The van der Waals surface area contributed by atoms with Crippen LogP contribution in [-0.2, 0) is 9.53 Å². The molecule has 126 valence electrons. The Kier molecular flexibility index (Phi) is 7.03. The topological polar surface area (TPSA) is 93.5 Å². The predicted molar refractivity (Wildman–Crippen MR) is 89.3 cm³/mol. The van der Waals surface area contributed by atoms with E-state index in [1.807, 2.05) is 0 Å². The van der Waals surface area contributed by atoms with Gasteiger partial charge in [-0.15, -0.1) is 0 Å². The average Bonchev–Trinajstić information content (AvgIpc) is 2.59. The molecular formula is C17H25N3O3. The van der Waals surface area contributed by atoms with Crippen LogP contribution in [0.2, 0.25) is 0 Å². The number of carbonyl (C=O) groups excluding carboxylic acids is 2. The summed E-state index contributed by atoms with van der Waals surface area (Å²) < 4.78 is 5.63. The fourth-order valence-electron chi connectivity index (χ4n) is 2.61. The van der Waals surface area contributed by atoms with Gasteiger partial charge in [-0.2, -0.15) is 0 Å². The van der Waals surface area contributed by atoms with Crippen LogP contribution in [0.3, 0.4) is 0 Å². The van der Waals surface area contributed by atoms with E-state index in [2.05, 4.69) is 10.6 Å². The summed E-state index contributed by atoms with van der Waals surface area (Å²) >= 11 is 0. The Bertz CT molecular complexity index is 528. The number of ether oxygens (including phenoxy) is 1. The van der Waals surface area contributed by atoms with Gasteiger partial charge in [-0.3, -0.25) is 9.59 Å². The first-order chi connectivity index (χ1) is 11.2. The van der Waals surface area contributed by atoms with E-state index in [1.165, 1.54) is 0 Å². The number of nitrogens with one attached hydrogen (secondary N) is 2. The summed E-state index contributed by atoms with van der Waals surface area (Å²) in [5, 5.41) is 5.53. The van der Waals surface area contributed by atoms with Crippen molar-refractivity contribution < 1.29 is 14.3 Å². The van der Waals surface area contributed by atoms with Crippen LogP contribution < -0.4 is 16.4 Å². The third kappa shape index (κ3) is 5.65. The summed E-state index contributed by atoms with van der Waals surface area (Å²) in [6.07, 6.45) is 4.57. The first-order valence-electron chi connectivity index (χ1n) is 8.19. The third-order valence-electron chi connectivity index (χ3n) is 3.84. The molecule has 0 radical (unpaired) electrons. The van der Waals surface area contributed by atoms with Crippen LogP contribution in [0.4, 0.5) is 5.69 Å². The lowest BCUT2D eigenvalue weighted by atomic mass is 10.0. The highest BCUT2D eigenvalue weighted by Crippen LogP contribution is 2.19. The lowest BCUT2D eigenvalue weighted by Crippen LogP contribution is -2.30. The zero-order valence-corrected chi connectivity index (χ0v) is 13.3. The molecule has 6 nitrogen and oxygen atoms in total. The van der Waals surface area contributed by atoms with E-state index in [4.69, 9.17) is 10.5 Å². The summed E-state index contributed by atoms with van der Waals surface area (Å²) in [5.74, 6) is -0.333. The van der Waals surface area contributed by atoms with Gasteiger partial charge in [0, 0.05) is 26.1 Å². The van der Waals surface area contributed by atoms with E-state index in [0.29, 0.717) is 37.2 Å². The molecule has 0 saturated carbocycles. The normalized spacial score (nSPS) is 17.5. The fourth-order valence-corrected chi connectivity index (χ4v) is 2.61. The molecule has 0 bridgehead atoms. The van der Waals surface area contributed by atoms with Gasteiger partial charge in [-0.05, 0) is 37.8 Å². The number of carbonyl (C=O) groups is 2. The lowest BCUT2D eigenvalue weighted by molar-refractivity contribution is -0.117. The van der Waals surface area contributed by atoms with E-state index in [1.54, 1.807) is 24.3 Å². The maximum atomic E-state index is 12.1. The van der Waals surface area contributed by atoms with Crippen LogP contribution in [0.5, 0.6) is 0 Å². The molecule has 6 heteroatoms. The fraction of sp³-hybridized carbons (Fsp3) is 0.529. The molecule has 1 aromatic carbocycles. The number of benzene rings is 1. The Hall–Kier alpha value is -1.92. The molecule has 4 N–H and O–H groups in total. The smallest absolute Gasteiger partial charge is 0.253 e. The summed E-state index contributed by atoms with van der Waals surface area (Å²) in [4.78, 5) is 24.2. The number of nitrogens with two attached hydrogens (primary N) is 1. The molecule has 1 aliphatic heterocycles. The second-order valence-corrected chi connectivity index (χ2v) is 5.67. The summed E-state index contributed by atoms with van der Waals surface area (Å²) in [6.45, 7) is 1.57. The second-order valence-electron chi connectivity index (χ2n) is 5.67. The van der Waals surface area contributed by atoms with Crippen molar-refractivity contribution in [3.05, 3.63) is 29.8 Å². The molecule has 1 aromatic rings. The standard InChI is InChI=1S/C17H25N3O3/c18-10-11-19-17(22)14-6-1-2-7-15(14)20-16(21)9-8-13-5-3-4-12-23-13/h1-2,6-7,13H,3-5,8-12,18H2,(H,19,22)(H,20,21). The quantitative estimate of drug-likeness (QED) is 0.712. The highest BCUT2D eigenvalue weighted by molar-refractivity contribution is 6.03. The van der Waals surface area contributed by atoms with Gasteiger partial charge in [0.25, 0.3) is 5.91 Å². The number of anilines is 1. The highest BCUT2D eigenvalue weighted by atomic mass is 16.5. The number of hydrogen-bond acceptors (Lipinski definition) is 4. The zero-order chi connectivity index (χ0) is 16.5. The molecule has 2 amide bonds. The number of amides is 2. The van der Waals surface area contributed by atoms with Gasteiger partial charge < -0.3 is 21.1 Å². The van der Waals surface area contributed by atoms with Crippen molar-refractivity contribution in [3.63, 3.8) is 0 Å². The van der Waals surface area contributed by atoms with Crippen LogP contribution in [0.1, 0.15) is 42.5 Å². The minimum Gasteiger partial charge on any atom is -0.378 e. The Morgan fingerprint density at radius 2 is 2.09 bits per heavy atom. The molecule has 1 heterocycles. The van der Waals surface area contributed by atoms with Crippen molar-refractivity contribution >= 4 is 17.5 Å². The first kappa shape index (κ1) is 17.4. The second kappa shape index (κ2) is 9.27. The van der Waals surface area contributed by atoms with E-state index in [9.17, 15) is 9.59 Å². The van der Waals surface area contributed by atoms with E-state index in [0.717, 1.165) is 25.9 Å². The molecule has 1 atom stereocenters. The summed E-state index contributed by atoms with van der Waals surface area (Å²) in [7, 11) is 0. The molecular weight excluding hydrogens is 294 g/mol. The molecule has 0 aromatic heterocycles. The van der Waals surface area contributed by atoms with Gasteiger partial charge in [0.1, 0.15) is 0 Å². The van der Waals surface area contributed by atoms with E-state index < -0.39 is 0 Å². The molecule has 1 fully saturated rings. The average molecular weight is 319 g/mol. The largest absolute Gasteiger partial charge is 0.378 e. The van der Waals surface area contributed by atoms with Crippen LogP contribution in [0, 0.1) is 0 Å². The minimum atomic E-state index is -0.234. The van der Waals surface area contributed by atoms with E-state index >= 15 is 0 Å². The monoisotopic (exact) mass is 319 g/mol. The van der Waals surface area contributed by atoms with Gasteiger partial charge >= 0.3 is 0 Å². The Morgan fingerprint density at radius 3 is 2.83 bits per heavy atom. The van der Waals surface area contributed by atoms with Crippen molar-refractivity contribution in [2.45, 2.75) is 38.2 Å². The molecule has 0 aliphatic carbocycles. The number of rotatable bonds is 7. The number of para-hydroxylation sites is 1. The lowest BCUT2D eigenvalue weighted by Gasteiger charge is -2.22. The molecule has 1 aliphatic rings. The van der Waals surface area contributed by atoms with Crippen molar-refractivity contribution in [2.24, 2.45) is 5.73 Å². The number of hydrogen-bond donors (Lipinski definition) is 3. The maximum absolute atomic E-state index is 12.1. The molecule has 0 spiro atoms. The zero-order valence-electron chi connectivity index (χ0n) is 13.3.